The molecule has 0 saturated heterocycles. The van der Waals surface area contributed by atoms with Gasteiger partial charge in [0.2, 0.25) is 0 Å². The van der Waals surface area contributed by atoms with Crippen molar-refractivity contribution in [1.29, 1.82) is 0 Å². The third-order valence-corrected chi connectivity index (χ3v) is 3.31. The summed E-state index contributed by atoms with van der Waals surface area (Å²) in [6.45, 7) is 2.85. The van der Waals surface area contributed by atoms with Crippen molar-refractivity contribution in [1.82, 2.24) is 0 Å². The molecule has 0 radical (unpaired) electrons. The molecule has 0 fully saturated rings. The van der Waals surface area contributed by atoms with Crippen molar-refractivity contribution in [2.75, 3.05) is 6.61 Å². The predicted molar refractivity (Wildman–Crippen MR) is 74.0 cm³/mol. The molecule has 0 bridgehead atoms. The predicted octanol–water partition coefficient (Wildman–Crippen LogP) is 4.79. The number of hydrogen-bond acceptors (Lipinski definition) is 2. The minimum atomic E-state index is -0.478. The van der Waals surface area contributed by atoms with Crippen molar-refractivity contribution >= 4 is 32.8 Å². The molecule has 2 nitrogen and oxygen atoms in total. The normalized spacial score (nSPS) is 10.3. The first kappa shape index (κ1) is 14.5. The van der Waals surface area contributed by atoms with Crippen molar-refractivity contribution < 1.29 is 9.53 Å². The summed E-state index contributed by atoms with van der Waals surface area (Å²) in [6, 6.07) is 5.27. The first-order chi connectivity index (χ1) is 8.15. The van der Waals surface area contributed by atoms with Gasteiger partial charge in [0.15, 0.2) is 0 Å². The quantitative estimate of drug-likeness (QED) is 0.533. The number of carbonyl (C=O) groups is 1. The third-order valence-electron chi connectivity index (χ3n) is 2.42. The van der Waals surface area contributed by atoms with Gasteiger partial charge in [-0.25, -0.2) is 0 Å². The lowest BCUT2D eigenvalue weighted by molar-refractivity contribution is 0.108. The molecule has 0 unspecified atom stereocenters. The Kier molecular flexibility index (Phi) is 6.60. The lowest BCUT2D eigenvalue weighted by Crippen LogP contribution is -1.99. The molecule has 0 aliphatic rings. The van der Waals surface area contributed by atoms with E-state index in [2.05, 4.69) is 22.9 Å². The van der Waals surface area contributed by atoms with Gasteiger partial charge in [0.05, 0.1) is 12.2 Å². The van der Waals surface area contributed by atoms with E-state index in [9.17, 15) is 4.79 Å². The third kappa shape index (κ3) is 5.09. The Balaban J connectivity index is 2.49. The molecule has 0 aliphatic carbocycles. The topological polar surface area (TPSA) is 26.3 Å². The molecular formula is C13H16BrClO2. The Morgan fingerprint density at radius 3 is 2.76 bits per heavy atom. The van der Waals surface area contributed by atoms with Crippen LogP contribution in [0.3, 0.4) is 0 Å². The summed E-state index contributed by atoms with van der Waals surface area (Å²) < 4.78 is 6.26. The molecule has 0 saturated carbocycles. The zero-order chi connectivity index (χ0) is 12.7. The highest BCUT2D eigenvalue weighted by Crippen LogP contribution is 2.24. The monoisotopic (exact) mass is 318 g/mol. The van der Waals surface area contributed by atoms with E-state index < -0.39 is 5.24 Å². The van der Waals surface area contributed by atoms with Gasteiger partial charge in [-0.05, 0) is 52.2 Å². The zero-order valence-electron chi connectivity index (χ0n) is 9.84. The van der Waals surface area contributed by atoms with Crippen LogP contribution in [0.5, 0.6) is 5.75 Å². The summed E-state index contributed by atoms with van der Waals surface area (Å²) in [5.41, 5.74) is 0.442. The van der Waals surface area contributed by atoms with Crippen molar-refractivity contribution in [2.45, 2.75) is 32.6 Å². The van der Waals surface area contributed by atoms with Gasteiger partial charge < -0.3 is 4.74 Å². The highest BCUT2D eigenvalue weighted by atomic mass is 79.9. The van der Waals surface area contributed by atoms with Crippen LogP contribution in [0.25, 0.3) is 0 Å². The number of carbonyl (C=O) groups excluding carboxylic acids is 1. The van der Waals surface area contributed by atoms with Crippen LogP contribution in [0.4, 0.5) is 0 Å². The lowest BCUT2D eigenvalue weighted by atomic mass is 10.2. The summed E-state index contributed by atoms with van der Waals surface area (Å²) in [4.78, 5) is 11.1. The standard InChI is InChI=1S/C13H16BrClO2/c1-2-3-4-5-8-17-10-6-7-12(14)11(9-10)13(15)16/h6-7,9H,2-5,8H2,1H3. The fraction of sp³-hybridized carbons (Fsp3) is 0.462. The van der Waals surface area contributed by atoms with Gasteiger partial charge in [0.25, 0.3) is 5.24 Å². The molecule has 94 valence electrons. The van der Waals surface area contributed by atoms with Gasteiger partial charge in [0.1, 0.15) is 5.75 Å². The van der Waals surface area contributed by atoms with E-state index in [0.29, 0.717) is 22.4 Å². The first-order valence-corrected chi connectivity index (χ1v) is 6.94. The lowest BCUT2D eigenvalue weighted by Gasteiger charge is -2.07. The van der Waals surface area contributed by atoms with Crippen LogP contribution in [0, 0.1) is 0 Å². The van der Waals surface area contributed by atoms with Gasteiger partial charge in [-0.2, -0.15) is 0 Å². The van der Waals surface area contributed by atoms with Crippen LogP contribution in [-0.2, 0) is 0 Å². The zero-order valence-corrected chi connectivity index (χ0v) is 12.2. The summed E-state index contributed by atoms with van der Waals surface area (Å²) in [5.74, 6) is 0.689. The molecule has 1 aromatic rings. The van der Waals surface area contributed by atoms with E-state index in [0.717, 1.165) is 6.42 Å². The van der Waals surface area contributed by atoms with Crippen molar-refractivity contribution in [3.63, 3.8) is 0 Å². The van der Waals surface area contributed by atoms with E-state index in [4.69, 9.17) is 16.3 Å². The van der Waals surface area contributed by atoms with E-state index >= 15 is 0 Å². The molecule has 0 N–H and O–H groups in total. The largest absolute Gasteiger partial charge is 0.494 e. The number of rotatable bonds is 7. The Morgan fingerprint density at radius 2 is 2.12 bits per heavy atom. The van der Waals surface area contributed by atoms with Crippen LogP contribution in [0.2, 0.25) is 0 Å². The van der Waals surface area contributed by atoms with E-state index in [1.165, 1.54) is 19.3 Å². The SMILES string of the molecule is CCCCCCOc1ccc(Br)c(C(=O)Cl)c1. The maximum atomic E-state index is 11.1. The molecule has 0 heterocycles. The van der Waals surface area contributed by atoms with Gasteiger partial charge in [-0.15, -0.1) is 0 Å². The average molecular weight is 320 g/mol. The fourth-order valence-corrected chi connectivity index (χ4v) is 2.16. The van der Waals surface area contributed by atoms with Gasteiger partial charge >= 0.3 is 0 Å². The highest BCUT2D eigenvalue weighted by molar-refractivity contribution is 9.10. The van der Waals surface area contributed by atoms with Crippen molar-refractivity contribution in [3.8, 4) is 5.75 Å². The highest BCUT2D eigenvalue weighted by Gasteiger charge is 2.08. The van der Waals surface area contributed by atoms with Gasteiger partial charge in [-0.1, -0.05) is 26.2 Å². The van der Waals surface area contributed by atoms with Gasteiger partial charge in [-0.3, -0.25) is 4.79 Å². The number of unbranched alkanes of at least 4 members (excludes halogenated alkanes) is 3. The average Bonchev–Trinajstić information content (AvgIpc) is 2.30. The Hall–Kier alpha value is -0.540. The summed E-state index contributed by atoms with van der Waals surface area (Å²) in [7, 11) is 0. The molecule has 4 heteroatoms. The number of halogens is 2. The molecule has 0 atom stereocenters. The van der Waals surface area contributed by atoms with Crippen LogP contribution in [0.1, 0.15) is 43.0 Å². The van der Waals surface area contributed by atoms with Crippen molar-refractivity contribution in [2.24, 2.45) is 0 Å². The minimum Gasteiger partial charge on any atom is -0.494 e. The molecular weight excluding hydrogens is 303 g/mol. The molecule has 0 aromatic heterocycles. The Morgan fingerprint density at radius 1 is 1.35 bits per heavy atom. The van der Waals surface area contributed by atoms with Crippen LogP contribution in [-0.4, -0.2) is 11.8 Å². The second kappa shape index (κ2) is 7.72. The second-order valence-electron chi connectivity index (χ2n) is 3.82. The van der Waals surface area contributed by atoms with E-state index in [1.807, 2.05) is 6.07 Å². The minimum absolute atomic E-state index is 0.442. The molecule has 0 spiro atoms. The van der Waals surface area contributed by atoms with Crippen LogP contribution in [0.15, 0.2) is 22.7 Å². The van der Waals surface area contributed by atoms with Crippen molar-refractivity contribution in [3.05, 3.63) is 28.2 Å². The number of hydrogen-bond donors (Lipinski definition) is 0. The molecule has 17 heavy (non-hydrogen) atoms. The summed E-state index contributed by atoms with van der Waals surface area (Å²) in [6.07, 6.45) is 4.65. The molecule has 0 aliphatic heterocycles. The maximum Gasteiger partial charge on any atom is 0.253 e. The first-order valence-electron chi connectivity index (χ1n) is 5.77. The Bertz CT molecular complexity index is 380. The van der Waals surface area contributed by atoms with Crippen LogP contribution < -0.4 is 4.74 Å². The van der Waals surface area contributed by atoms with Crippen LogP contribution >= 0.6 is 27.5 Å². The maximum absolute atomic E-state index is 11.1. The molecule has 1 aromatic carbocycles. The van der Waals surface area contributed by atoms with E-state index in [-0.39, 0.29) is 0 Å². The van der Waals surface area contributed by atoms with Gasteiger partial charge in [0, 0.05) is 4.47 Å². The summed E-state index contributed by atoms with van der Waals surface area (Å²) in [5, 5.41) is -0.478. The second-order valence-corrected chi connectivity index (χ2v) is 5.02. The molecule has 1 rings (SSSR count). The van der Waals surface area contributed by atoms with E-state index in [1.54, 1.807) is 12.1 Å². The number of ether oxygens (including phenoxy) is 1. The fourth-order valence-electron chi connectivity index (χ4n) is 1.46. The number of benzene rings is 1. The summed E-state index contributed by atoms with van der Waals surface area (Å²) >= 11 is 8.73. The smallest absolute Gasteiger partial charge is 0.253 e. The Labute approximate surface area is 115 Å². The molecule has 0 amide bonds.